The van der Waals surface area contributed by atoms with Crippen LogP contribution in [-0.2, 0) is 14.3 Å². The van der Waals surface area contributed by atoms with Crippen molar-refractivity contribution >= 4 is 30.1 Å². The molecule has 1 unspecified atom stereocenters. The minimum Gasteiger partial charge on any atom is -0.497 e. The molecule has 2 rings (SSSR count). The maximum absolute atomic E-state index is 11.8. The Hall–Kier alpha value is -4.05. The van der Waals surface area contributed by atoms with Crippen LogP contribution >= 0.6 is 0 Å². The second-order valence-electron chi connectivity index (χ2n) is 6.82. The number of rotatable bonds is 11. The van der Waals surface area contributed by atoms with Crippen molar-refractivity contribution in [1.29, 1.82) is 0 Å². The zero-order chi connectivity index (χ0) is 24.2. The van der Waals surface area contributed by atoms with Crippen LogP contribution in [0.15, 0.2) is 42.5 Å². The van der Waals surface area contributed by atoms with E-state index in [1.165, 1.54) is 0 Å². The third-order valence-corrected chi connectivity index (χ3v) is 4.30. The summed E-state index contributed by atoms with van der Waals surface area (Å²) in [5.74, 6) is 0.419. The van der Waals surface area contributed by atoms with E-state index in [0.717, 1.165) is 11.1 Å². The third kappa shape index (κ3) is 8.91. The van der Waals surface area contributed by atoms with Gasteiger partial charge in [-0.05, 0) is 35.4 Å². The van der Waals surface area contributed by atoms with E-state index in [-0.39, 0.29) is 19.6 Å². The fourth-order valence-corrected chi connectivity index (χ4v) is 2.64. The Bertz CT molecular complexity index is 968. The molecule has 0 heterocycles. The first-order valence-corrected chi connectivity index (χ1v) is 9.98. The smallest absolute Gasteiger partial charge is 0.497 e. The highest BCUT2D eigenvalue weighted by molar-refractivity contribution is 5.87. The highest BCUT2D eigenvalue weighted by Gasteiger charge is 2.15. The van der Waals surface area contributed by atoms with Gasteiger partial charge in [0.1, 0.15) is 23.9 Å². The van der Waals surface area contributed by atoms with Crippen molar-refractivity contribution in [2.75, 3.05) is 27.4 Å². The van der Waals surface area contributed by atoms with E-state index < -0.39 is 24.0 Å². The maximum atomic E-state index is 11.8. The van der Waals surface area contributed by atoms with Gasteiger partial charge in [-0.25, -0.2) is 4.79 Å². The van der Waals surface area contributed by atoms with E-state index >= 15 is 0 Å². The predicted molar refractivity (Wildman–Crippen MR) is 122 cm³/mol. The zero-order valence-corrected chi connectivity index (χ0v) is 18.4. The summed E-state index contributed by atoms with van der Waals surface area (Å²) >= 11 is 0. The zero-order valence-electron chi connectivity index (χ0n) is 18.4. The van der Waals surface area contributed by atoms with Gasteiger partial charge in [0.05, 0.1) is 33.2 Å². The van der Waals surface area contributed by atoms with Crippen LogP contribution in [-0.4, -0.2) is 51.4 Å². The Morgan fingerprint density at radius 1 is 0.939 bits per heavy atom. The normalized spacial score (nSPS) is 11.5. The minimum absolute atomic E-state index is 0.0131. The van der Waals surface area contributed by atoms with Crippen LogP contribution in [0.2, 0.25) is 0 Å². The van der Waals surface area contributed by atoms with Gasteiger partial charge in [-0.1, -0.05) is 24.3 Å². The fraction of sp³-hybridized carbons (Fsp3) is 0.261. The number of hydrogen-bond donors (Lipinski definition) is 3. The number of amides is 2. The second-order valence-corrected chi connectivity index (χ2v) is 6.82. The van der Waals surface area contributed by atoms with Crippen LogP contribution in [0, 0.1) is 0 Å². The number of carbonyl (C=O) groups is 3. The van der Waals surface area contributed by atoms with Crippen molar-refractivity contribution in [2.45, 2.75) is 12.5 Å². The van der Waals surface area contributed by atoms with Gasteiger partial charge in [0, 0.05) is 6.07 Å². The topological polar surface area (TPSA) is 152 Å². The molecule has 0 spiro atoms. The summed E-state index contributed by atoms with van der Waals surface area (Å²) in [6.45, 7) is -0.113. The van der Waals surface area contributed by atoms with Crippen LogP contribution in [0.1, 0.15) is 17.5 Å². The third-order valence-electron chi connectivity index (χ3n) is 4.30. The summed E-state index contributed by atoms with van der Waals surface area (Å²) in [7, 11) is 3.17. The van der Waals surface area contributed by atoms with Crippen LogP contribution < -0.4 is 31.0 Å². The lowest BCUT2D eigenvalue weighted by molar-refractivity contribution is -0.126. The number of carbonyl (C=O) groups excluding carboxylic acids is 3. The van der Waals surface area contributed by atoms with Crippen molar-refractivity contribution in [3.8, 4) is 17.2 Å². The van der Waals surface area contributed by atoms with E-state index in [1.807, 2.05) is 24.3 Å². The molecule has 1 atom stereocenters. The molecule has 10 heteroatoms. The molecule has 0 aromatic heterocycles. The standard InChI is InChI=1S/C23H27N3O7/c1-30-18-11-16(12-19(13-18)31-2)4-3-15-5-7-17(8-6-15)33-23(29)32-10-9-26-22(28)20(24)14-21(25)27/h3-8,11-13,20H,9-10,14,24H2,1-2H3,(H2,25,27)(H,26,28). The summed E-state index contributed by atoms with van der Waals surface area (Å²) < 4.78 is 20.5. The molecule has 0 bridgehead atoms. The molecule has 33 heavy (non-hydrogen) atoms. The summed E-state index contributed by atoms with van der Waals surface area (Å²) in [4.78, 5) is 34.1. The molecule has 5 N–H and O–H groups in total. The largest absolute Gasteiger partial charge is 0.513 e. The first-order valence-electron chi connectivity index (χ1n) is 9.98. The lowest BCUT2D eigenvalue weighted by Crippen LogP contribution is -2.44. The van der Waals surface area contributed by atoms with E-state index in [0.29, 0.717) is 17.2 Å². The van der Waals surface area contributed by atoms with Gasteiger partial charge in [-0.3, -0.25) is 9.59 Å². The van der Waals surface area contributed by atoms with Crippen LogP contribution in [0.4, 0.5) is 4.79 Å². The molecule has 2 amide bonds. The summed E-state index contributed by atoms with van der Waals surface area (Å²) in [5, 5.41) is 2.43. The number of methoxy groups -OCH3 is 2. The first kappa shape index (κ1) is 25.2. The van der Waals surface area contributed by atoms with Crippen molar-refractivity contribution in [1.82, 2.24) is 5.32 Å². The Morgan fingerprint density at radius 3 is 2.12 bits per heavy atom. The number of ether oxygens (including phenoxy) is 4. The van der Waals surface area contributed by atoms with Crippen LogP contribution in [0.5, 0.6) is 17.2 Å². The van der Waals surface area contributed by atoms with E-state index in [9.17, 15) is 14.4 Å². The molecule has 0 aliphatic rings. The quantitative estimate of drug-likeness (QED) is 0.200. The Labute approximate surface area is 191 Å². The van der Waals surface area contributed by atoms with Gasteiger partial charge in [0.25, 0.3) is 0 Å². The number of hydrogen-bond acceptors (Lipinski definition) is 8. The van der Waals surface area contributed by atoms with Crippen molar-refractivity contribution in [3.63, 3.8) is 0 Å². The number of nitrogens with two attached hydrogens (primary N) is 2. The lowest BCUT2D eigenvalue weighted by atomic mass is 10.1. The Kier molecular flexibility index (Phi) is 9.72. The monoisotopic (exact) mass is 457 g/mol. The maximum Gasteiger partial charge on any atom is 0.513 e. The van der Waals surface area contributed by atoms with Gasteiger partial charge in [-0.2, -0.15) is 0 Å². The van der Waals surface area contributed by atoms with Gasteiger partial charge in [0.2, 0.25) is 11.8 Å². The molecule has 0 saturated heterocycles. The molecule has 0 radical (unpaired) electrons. The number of nitrogens with one attached hydrogen (secondary N) is 1. The number of benzene rings is 2. The van der Waals surface area contributed by atoms with Gasteiger partial charge in [0.15, 0.2) is 0 Å². The van der Waals surface area contributed by atoms with Crippen molar-refractivity contribution < 1.29 is 33.3 Å². The van der Waals surface area contributed by atoms with Gasteiger partial charge in [-0.15, -0.1) is 0 Å². The molecule has 2 aromatic carbocycles. The van der Waals surface area contributed by atoms with Crippen molar-refractivity contribution in [3.05, 3.63) is 53.6 Å². The highest BCUT2D eigenvalue weighted by Crippen LogP contribution is 2.24. The molecule has 176 valence electrons. The van der Waals surface area contributed by atoms with E-state index in [2.05, 4.69) is 5.32 Å². The van der Waals surface area contributed by atoms with Crippen LogP contribution in [0.3, 0.4) is 0 Å². The average Bonchev–Trinajstić information content (AvgIpc) is 2.80. The molecule has 0 aliphatic carbocycles. The minimum atomic E-state index is -1.05. The summed E-state index contributed by atoms with van der Waals surface area (Å²) in [6, 6.07) is 11.3. The summed E-state index contributed by atoms with van der Waals surface area (Å²) in [5.41, 5.74) is 12.3. The Morgan fingerprint density at radius 2 is 1.55 bits per heavy atom. The molecule has 10 nitrogen and oxygen atoms in total. The molecular formula is C23H27N3O7. The van der Waals surface area contributed by atoms with Gasteiger partial charge >= 0.3 is 6.16 Å². The number of primary amides is 1. The molecule has 0 saturated carbocycles. The molecule has 0 fully saturated rings. The average molecular weight is 457 g/mol. The van der Waals surface area contributed by atoms with Crippen LogP contribution in [0.25, 0.3) is 12.2 Å². The predicted octanol–water partition coefficient (Wildman–Crippen LogP) is 1.71. The first-order chi connectivity index (χ1) is 15.8. The molecule has 0 aliphatic heterocycles. The molecule has 2 aromatic rings. The SMILES string of the molecule is COc1cc(C=Cc2ccc(OC(=O)OCCNC(=O)C(N)CC(N)=O)cc2)cc(OC)c1. The van der Waals surface area contributed by atoms with Gasteiger partial charge < -0.3 is 35.7 Å². The second kappa shape index (κ2) is 12.7. The van der Waals surface area contributed by atoms with E-state index in [4.69, 9.17) is 30.4 Å². The van der Waals surface area contributed by atoms with Crippen molar-refractivity contribution in [2.24, 2.45) is 11.5 Å². The van der Waals surface area contributed by atoms with E-state index in [1.54, 1.807) is 44.6 Å². The fourth-order valence-electron chi connectivity index (χ4n) is 2.64. The Balaban J connectivity index is 1.80. The summed E-state index contributed by atoms with van der Waals surface area (Å²) in [6.07, 6.45) is 2.60. The highest BCUT2D eigenvalue weighted by atomic mass is 16.7. The molecular weight excluding hydrogens is 430 g/mol. The lowest BCUT2D eigenvalue weighted by Gasteiger charge is -2.10.